The van der Waals surface area contributed by atoms with Crippen LogP contribution in [0.25, 0.3) is 11.3 Å². The highest BCUT2D eigenvalue weighted by atomic mass is 79.9. The highest BCUT2D eigenvalue weighted by Gasteiger charge is 2.18. The minimum Gasteiger partial charge on any atom is -0.321 e. The summed E-state index contributed by atoms with van der Waals surface area (Å²) in [7, 11) is 0. The Labute approximate surface area is 148 Å². The van der Waals surface area contributed by atoms with E-state index < -0.39 is 10.8 Å². The molecule has 0 aliphatic carbocycles. The molecule has 120 valence electrons. The molecule has 1 heterocycles. The lowest BCUT2D eigenvalue weighted by Crippen LogP contribution is -2.11. The smallest absolute Gasteiger partial charge is 0.271 e. The van der Waals surface area contributed by atoms with E-state index in [9.17, 15) is 14.9 Å². The van der Waals surface area contributed by atoms with E-state index in [1.807, 2.05) is 24.3 Å². The predicted molar refractivity (Wildman–Crippen MR) is 94.1 cm³/mol. The summed E-state index contributed by atoms with van der Waals surface area (Å²) in [5.41, 5.74) is 1.47. The highest BCUT2D eigenvalue weighted by Crippen LogP contribution is 2.26. The van der Waals surface area contributed by atoms with E-state index in [1.54, 1.807) is 6.07 Å². The first-order valence-electron chi connectivity index (χ1n) is 6.68. The molecule has 0 aliphatic heterocycles. The van der Waals surface area contributed by atoms with Crippen LogP contribution in [-0.4, -0.2) is 20.4 Å². The maximum absolute atomic E-state index is 12.5. The standard InChI is InChI=1S/C15H9BrN4O3S/c16-10-6-4-9(5-7-10)13-14(24-19-18-13)15(21)17-11-2-1-3-12(8-11)20(22)23/h1-8H,(H,17,21). The number of non-ortho nitro benzene ring substituents is 1. The number of halogens is 1. The maximum Gasteiger partial charge on any atom is 0.271 e. The van der Waals surface area contributed by atoms with Gasteiger partial charge in [0.2, 0.25) is 0 Å². The zero-order valence-electron chi connectivity index (χ0n) is 12.0. The molecule has 0 saturated carbocycles. The molecule has 0 fully saturated rings. The first kappa shape index (κ1) is 16.2. The minimum absolute atomic E-state index is 0.0941. The van der Waals surface area contributed by atoms with Crippen LogP contribution >= 0.6 is 27.5 Å². The molecule has 2 aromatic carbocycles. The van der Waals surface area contributed by atoms with Gasteiger partial charge in [0.1, 0.15) is 10.6 Å². The minimum atomic E-state index is -0.517. The van der Waals surface area contributed by atoms with Gasteiger partial charge in [-0.25, -0.2) is 0 Å². The molecular formula is C15H9BrN4O3S. The van der Waals surface area contributed by atoms with Gasteiger partial charge in [-0.2, -0.15) is 0 Å². The number of rotatable bonds is 4. The molecule has 7 nitrogen and oxygen atoms in total. The van der Waals surface area contributed by atoms with Gasteiger partial charge in [0.15, 0.2) is 0 Å². The van der Waals surface area contributed by atoms with Crippen molar-refractivity contribution in [1.82, 2.24) is 9.59 Å². The van der Waals surface area contributed by atoms with E-state index in [2.05, 4.69) is 30.8 Å². The fourth-order valence-corrected chi connectivity index (χ4v) is 2.87. The fourth-order valence-electron chi connectivity index (χ4n) is 2.02. The van der Waals surface area contributed by atoms with Crippen molar-refractivity contribution in [3.05, 3.63) is 68.0 Å². The number of hydrogen-bond acceptors (Lipinski definition) is 6. The lowest BCUT2D eigenvalue weighted by Gasteiger charge is -2.05. The molecule has 0 radical (unpaired) electrons. The van der Waals surface area contributed by atoms with Gasteiger partial charge in [0.05, 0.1) is 4.92 Å². The van der Waals surface area contributed by atoms with Gasteiger partial charge in [0.25, 0.3) is 11.6 Å². The lowest BCUT2D eigenvalue weighted by atomic mass is 10.1. The van der Waals surface area contributed by atoms with Crippen molar-refractivity contribution in [2.75, 3.05) is 5.32 Å². The summed E-state index contributed by atoms with van der Waals surface area (Å²) in [6.07, 6.45) is 0. The van der Waals surface area contributed by atoms with Gasteiger partial charge in [0, 0.05) is 27.9 Å². The first-order chi connectivity index (χ1) is 11.5. The Bertz CT molecular complexity index is 911. The number of carbonyl (C=O) groups excluding carboxylic acids is 1. The number of hydrogen-bond donors (Lipinski definition) is 1. The second-order valence-corrected chi connectivity index (χ2v) is 6.39. The van der Waals surface area contributed by atoms with Crippen LogP contribution in [0.4, 0.5) is 11.4 Å². The van der Waals surface area contributed by atoms with Crippen molar-refractivity contribution >= 4 is 44.7 Å². The molecule has 0 aliphatic rings. The van der Waals surface area contributed by atoms with Crippen molar-refractivity contribution in [2.24, 2.45) is 0 Å². The summed E-state index contributed by atoms with van der Waals surface area (Å²) < 4.78 is 4.75. The van der Waals surface area contributed by atoms with Crippen LogP contribution in [-0.2, 0) is 0 Å². The molecule has 0 atom stereocenters. The Morgan fingerprint density at radius 1 is 1.21 bits per heavy atom. The van der Waals surface area contributed by atoms with Gasteiger partial charge < -0.3 is 5.32 Å². The van der Waals surface area contributed by atoms with Crippen LogP contribution in [0.15, 0.2) is 53.0 Å². The predicted octanol–water partition coefficient (Wildman–Crippen LogP) is 4.13. The van der Waals surface area contributed by atoms with Gasteiger partial charge >= 0.3 is 0 Å². The Morgan fingerprint density at radius 2 is 1.96 bits per heavy atom. The number of nitrogens with one attached hydrogen (secondary N) is 1. The highest BCUT2D eigenvalue weighted by molar-refractivity contribution is 9.10. The Morgan fingerprint density at radius 3 is 2.67 bits per heavy atom. The third-order valence-corrected chi connectivity index (χ3v) is 4.38. The van der Waals surface area contributed by atoms with Crippen LogP contribution in [0.5, 0.6) is 0 Å². The van der Waals surface area contributed by atoms with Crippen LogP contribution in [0.2, 0.25) is 0 Å². The fraction of sp³-hybridized carbons (Fsp3) is 0. The van der Waals surface area contributed by atoms with Crippen LogP contribution in [0.1, 0.15) is 9.67 Å². The number of nitrogens with zero attached hydrogens (tertiary/aromatic N) is 3. The number of nitro benzene ring substituents is 1. The number of benzene rings is 2. The zero-order chi connectivity index (χ0) is 17.1. The van der Waals surface area contributed by atoms with E-state index >= 15 is 0 Å². The van der Waals surface area contributed by atoms with Crippen molar-refractivity contribution in [3.63, 3.8) is 0 Å². The van der Waals surface area contributed by atoms with Gasteiger partial charge in [-0.15, -0.1) is 5.10 Å². The third kappa shape index (κ3) is 3.47. The number of carbonyl (C=O) groups is 1. The SMILES string of the molecule is O=C(Nc1cccc([N+](=O)[O-])c1)c1snnc1-c1ccc(Br)cc1. The van der Waals surface area contributed by atoms with E-state index in [1.165, 1.54) is 18.2 Å². The molecule has 1 amide bonds. The van der Waals surface area contributed by atoms with Crippen LogP contribution < -0.4 is 5.32 Å². The van der Waals surface area contributed by atoms with Crippen molar-refractivity contribution in [2.45, 2.75) is 0 Å². The van der Waals surface area contributed by atoms with E-state index in [-0.39, 0.29) is 5.69 Å². The van der Waals surface area contributed by atoms with Crippen molar-refractivity contribution in [3.8, 4) is 11.3 Å². The number of amides is 1. The molecule has 3 rings (SSSR count). The number of aromatic nitrogens is 2. The summed E-state index contributed by atoms with van der Waals surface area (Å²) in [4.78, 5) is 23.1. The zero-order valence-corrected chi connectivity index (χ0v) is 14.4. The Kier molecular flexibility index (Phi) is 4.63. The molecule has 0 spiro atoms. The quantitative estimate of drug-likeness (QED) is 0.520. The molecule has 1 N–H and O–H groups in total. The summed E-state index contributed by atoms with van der Waals surface area (Å²) in [6.45, 7) is 0. The molecule has 0 unspecified atom stereocenters. The molecule has 24 heavy (non-hydrogen) atoms. The lowest BCUT2D eigenvalue weighted by molar-refractivity contribution is -0.384. The van der Waals surface area contributed by atoms with Crippen molar-refractivity contribution in [1.29, 1.82) is 0 Å². The van der Waals surface area contributed by atoms with Gasteiger partial charge in [-0.05, 0) is 29.7 Å². The summed E-state index contributed by atoms with van der Waals surface area (Å²) in [5.74, 6) is -0.414. The van der Waals surface area contributed by atoms with Gasteiger partial charge in [-0.1, -0.05) is 38.6 Å². The molecule has 0 saturated heterocycles. The number of anilines is 1. The largest absolute Gasteiger partial charge is 0.321 e. The monoisotopic (exact) mass is 404 g/mol. The second kappa shape index (κ2) is 6.85. The molecule has 3 aromatic rings. The maximum atomic E-state index is 12.5. The summed E-state index contributed by atoms with van der Waals surface area (Å²) in [6, 6.07) is 13.1. The first-order valence-corrected chi connectivity index (χ1v) is 8.25. The average Bonchev–Trinajstić information content (AvgIpc) is 3.05. The molecule has 0 bridgehead atoms. The van der Waals surface area contributed by atoms with E-state index in [4.69, 9.17) is 0 Å². The van der Waals surface area contributed by atoms with E-state index in [0.29, 0.717) is 16.3 Å². The van der Waals surface area contributed by atoms with Crippen molar-refractivity contribution < 1.29 is 9.72 Å². The van der Waals surface area contributed by atoms with E-state index in [0.717, 1.165) is 21.6 Å². The molecule has 9 heteroatoms. The van der Waals surface area contributed by atoms with Crippen LogP contribution in [0.3, 0.4) is 0 Å². The average molecular weight is 405 g/mol. The Balaban J connectivity index is 1.86. The topological polar surface area (TPSA) is 98.0 Å². The van der Waals surface area contributed by atoms with Crippen LogP contribution in [0, 0.1) is 10.1 Å². The normalized spacial score (nSPS) is 10.4. The third-order valence-electron chi connectivity index (χ3n) is 3.13. The molecular weight excluding hydrogens is 396 g/mol. The number of nitro groups is 1. The van der Waals surface area contributed by atoms with Gasteiger partial charge in [-0.3, -0.25) is 14.9 Å². The summed E-state index contributed by atoms with van der Waals surface area (Å²) in [5, 5.41) is 17.5. The molecule has 1 aromatic heterocycles. The Hall–Kier alpha value is -2.65. The second-order valence-electron chi connectivity index (χ2n) is 4.72. The summed E-state index contributed by atoms with van der Waals surface area (Å²) >= 11 is 4.32.